The highest BCUT2D eigenvalue weighted by molar-refractivity contribution is 7.90. The van der Waals surface area contributed by atoms with Crippen LogP contribution in [0.3, 0.4) is 0 Å². The van der Waals surface area contributed by atoms with Crippen molar-refractivity contribution in [3.63, 3.8) is 0 Å². The molecule has 2 bridgehead atoms. The third-order valence-corrected chi connectivity index (χ3v) is 7.66. The number of benzene rings is 1. The zero-order valence-corrected chi connectivity index (χ0v) is 20.3. The summed E-state index contributed by atoms with van der Waals surface area (Å²) >= 11 is 0. The molecule has 1 unspecified atom stereocenters. The van der Waals surface area contributed by atoms with Gasteiger partial charge in [0.05, 0.1) is 5.56 Å². The van der Waals surface area contributed by atoms with Crippen LogP contribution < -0.4 is 20.7 Å². The van der Waals surface area contributed by atoms with E-state index in [4.69, 9.17) is 10.5 Å². The number of para-hydroxylation sites is 1. The molecular formula is C24H30N4O5S. The summed E-state index contributed by atoms with van der Waals surface area (Å²) < 4.78 is 30.1. The first-order valence-corrected chi connectivity index (χ1v) is 13.2. The largest absolute Gasteiger partial charge is 0.477 e. The van der Waals surface area contributed by atoms with Crippen molar-refractivity contribution in [2.45, 2.75) is 68.2 Å². The van der Waals surface area contributed by atoms with E-state index in [0.717, 1.165) is 37.8 Å². The number of carbonyl (C=O) groups excluding carboxylic acids is 2. The Hall–Kier alpha value is -3.14. The number of primary amides is 1. The second-order valence-corrected chi connectivity index (χ2v) is 11.5. The Bertz CT molecular complexity index is 1180. The molecule has 1 aromatic heterocycles. The molecule has 2 saturated heterocycles. The van der Waals surface area contributed by atoms with Crippen LogP contribution in [0.1, 0.15) is 49.9 Å². The van der Waals surface area contributed by atoms with Gasteiger partial charge < -0.3 is 20.7 Å². The maximum Gasteiger partial charge on any atom is 0.263 e. The van der Waals surface area contributed by atoms with Crippen LogP contribution in [0.2, 0.25) is 0 Å². The monoisotopic (exact) mass is 486 g/mol. The van der Waals surface area contributed by atoms with Crippen LogP contribution in [0.4, 0.5) is 5.82 Å². The summed E-state index contributed by atoms with van der Waals surface area (Å²) in [6, 6.07) is 10.3. The molecule has 2 amide bonds. The van der Waals surface area contributed by atoms with Crippen LogP contribution in [0.5, 0.6) is 5.75 Å². The Labute approximate surface area is 199 Å². The van der Waals surface area contributed by atoms with Gasteiger partial charge in [-0.1, -0.05) is 12.1 Å². The van der Waals surface area contributed by atoms with Crippen LogP contribution in [0, 0.1) is 0 Å². The number of ether oxygens (including phenoxy) is 1. The van der Waals surface area contributed by atoms with Crippen LogP contribution in [0.15, 0.2) is 47.5 Å². The number of nitrogens with two attached hydrogens (primary N) is 1. The van der Waals surface area contributed by atoms with Gasteiger partial charge in [0, 0.05) is 30.6 Å². The number of pyridine rings is 1. The number of nitrogens with one attached hydrogen (secondary N) is 1. The number of carbonyl (C=O) groups is 2. The van der Waals surface area contributed by atoms with E-state index in [1.807, 2.05) is 6.07 Å². The first-order valence-electron chi connectivity index (χ1n) is 11.3. The second kappa shape index (κ2) is 8.90. The van der Waals surface area contributed by atoms with Crippen molar-refractivity contribution < 1.29 is 22.7 Å². The maximum absolute atomic E-state index is 13.1. The average Bonchev–Trinajstić information content (AvgIpc) is 3.03. The molecule has 9 nitrogen and oxygen atoms in total. The molecule has 3 heterocycles. The number of hydrogen-bond donors (Lipinski definition) is 2. The fraction of sp³-hybridized carbons (Fsp3) is 0.458. The number of rotatable bonds is 7. The number of aromatic nitrogens is 1. The van der Waals surface area contributed by atoms with E-state index in [9.17, 15) is 18.0 Å². The lowest BCUT2D eigenvalue weighted by atomic mass is 9.96. The summed E-state index contributed by atoms with van der Waals surface area (Å²) in [5.74, 6) is 0.166. The third-order valence-electron chi connectivity index (χ3n) is 6.53. The highest BCUT2D eigenvalue weighted by Crippen LogP contribution is 2.39. The first-order chi connectivity index (χ1) is 16.0. The van der Waals surface area contributed by atoms with Crippen molar-refractivity contribution in [2.24, 2.45) is 5.73 Å². The van der Waals surface area contributed by atoms with Gasteiger partial charge in [0.2, 0.25) is 5.91 Å². The minimum atomic E-state index is -3.50. The molecule has 0 spiro atoms. The van der Waals surface area contributed by atoms with Gasteiger partial charge >= 0.3 is 0 Å². The van der Waals surface area contributed by atoms with Gasteiger partial charge in [-0.05, 0) is 63.8 Å². The topological polar surface area (TPSA) is 132 Å². The van der Waals surface area contributed by atoms with Gasteiger partial charge in [-0.2, -0.15) is 0 Å². The van der Waals surface area contributed by atoms with Crippen LogP contribution in [-0.2, 0) is 14.6 Å². The number of piperidine rings is 1. The molecule has 0 aliphatic carbocycles. The summed E-state index contributed by atoms with van der Waals surface area (Å²) in [5.41, 5.74) is 4.43. The lowest BCUT2D eigenvalue weighted by Crippen LogP contribution is -2.55. The SMILES string of the molecule is CC(C)(Oc1ccccc1S(C)(=O)=O)C(=O)NC1C[C@H]2CC[C@@H](C1)N2c1ccc(C(N)=O)cn1. The van der Waals surface area contributed by atoms with E-state index in [1.54, 1.807) is 38.1 Å². The van der Waals surface area contributed by atoms with E-state index in [1.165, 1.54) is 12.3 Å². The highest BCUT2D eigenvalue weighted by atomic mass is 32.2. The number of fused-ring (bicyclic) bond motifs is 2. The number of nitrogens with zero attached hydrogens (tertiary/aromatic N) is 2. The van der Waals surface area contributed by atoms with E-state index < -0.39 is 21.3 Å². The van der Waals surface area contributed by atoms with Gasteiger partial charge in [0.25, 0.3) is 5.91 Å². The fourth-order valence-corrected chi connectivity index (χ4v) is 5.68. The quantitative estimate of drug-likeness (QED) is 0.612. The van der Waals surface area contributed by atoms with E-state index in [2.05, 4.69) is 15.2 Å². The van der Waals surface area contributed by atoms with E-state index in [0.29, 0.717) is 5.56 Å². The minimum Gasteiger partial charge on any atom is -0.477 e. The number of hydrogen-bond acceptors (Lipinski definition) is 7. The van der Waals surface area contributed by atoms with Crippen molar-refractivity contribution in [1.82, 2.24) is 10.3 Å². The molecule has 2 aliphatic heterocycles. The van der Waals surface area contributed by atoms with Gasteiger partial charge in [-0.15, -0.1) is 0 Å². The van der Waals surface area contributed by atoms with Crippen molar-refractivity contribution in [3.8, 4) is 5.75 Å². The Morgan fingerprint density at radius 3 is 2.32 bits per heavy atom. The van der Waals surface area contributed by atoms with Crippen LogP contribution in [-0.4, -0.2) is 55.2 Å². The smallest absolute Gasteiger partial charge is 0.263 e. The molecule has 2 aliphatic rings. The average molecular weight is 487 g/mol. The van der Waals surface area contributed by atoms with Gasteiger partial charge in [-0.3, -0.25) is 9.59 Å². The van der Waals surface area contributed by atoms with E-state index in [-0.39, 0.29) is 34.7 Å². The summed E-state index contributed by atoms with van der Waals surface area (Å²) in [6.45, 7) is 3.27. The Balaban J connectivity index is 1.43. The molecule has 2 aromatic rings. The summed E-state index contributed by atoms with van der Waals surface area (Å²) in [4.78, 5) is 31.2. The molecule has 0 saturated carbocycles. The number of sulfone groups is 1. The molecule has 3 N–H and O–H groups in total. The Morgan fingerprint density at radius 1 is 1.12 bits per heavy atom. The minimum absolute atomic E-state index is 0.0285. The molecule has 0 radical (unpaired) electrons. The zero-order chi connectivity index (χ0) is 24.7. The second-order valence-electron chi connectivity index (χ2n) is 9.53. The lowest BCUT2D eigenvalue weighted by Gasteiger charge is -2.40. The van der Waals surface area contributed by atoms with Gasteiger partial charge in [-0.25, -0.2) is 13.4 Å². The lowest BCUT2D eigenvalue weighted by molar-refractivity contribution is -0.135. The summed E-state index contributed by atoms with van der Waals surface area (Å²) in [6.07, 6.45) is 6.13. The number of anilines is 1. The highest BCUT2D eigenvalue weighted by Gasteiger charge is 2.43. The molecule has 4 rings (SSSR count). The van der Waals surface area contributed by atoms with Crippen LogP contribution in [0.25, 0.3) is 0 Å². The zero-order valence-electron chi connectivity index (χ0n) is 19.5. The molecule has 2 fully saturated rings. The molecule has 3 atom stereocenters. The predicted octanol–water partition coefficient (Wildman–Crippen LogP) is 2.06. The van der Waals surface area contributed by atoms with Crippen molar-refractivity contribution >= 4 is 27.5 Å². The van der Waals surface area contributed by atoms with E-state index >= 15 is 0 Å². The van der Waals surface area contributed by atoms with Crippen molar-refractivity contribution in [2.75, 3.05) is 11.2 Å². The summed E-state index contributed by atoms with van der Waals surface area (Å²) in [5, 5.41) is 3.11. The molecule has 182 valence electrons. The Morgan fingerprint density at radius 2 is 1.76 bits per heavy atom. The molecule has 10 heteroatoms. The predicted molar refractivity (Wildman–Crippen MR) is 127 cm³/mol. The fourth-order valence-electron chi connectivity index (χ4n) is 4.87. The number of amides is 2. The molecule has 1 aromatic carbocycles. The third kappa shape index (κ3) is 4.86. The van der Waals surface area contributed by atoms with Gasteiger partial charge in [0.1, 0.15) is 16.5 Å². The first kappa shape index (κ1) is 24.0. The summed E-state index contributed by atoms with van der Waals surface area (Å²) in [7, 11) is -3.50. The Kier molecular flexibility index (Phi) is 6.28. The van der Waals surface area contributed by atoms with Crippen LogP contribution >= 0.6 is 0 Å². The standard InChI is InChI=1S/C24H30N4O5S/c1-24(2,33-19-6-4-5-7-20(19)34(3,31)32)23(30)27-16-12-17-9-10-18(13-16)28(17)21-11-8-15(14-26-21)22(25)29/h4-8,11,14,16-18H,9-10,12-13H2,1-3H3,(H2,25,29)(H,27,30)/t16?,17-,18+. The van der Waals surface area contributed by atoms with Crippen molar-refractivity contribution in [1.29, 1.82) is 0 Å². The van der Waals surface area contributed by atoms with Crippen molar-refractivity contribution in [3.05, 3.63) is 48.2 Å². The molecular weight excluding hydrogens is 456 g/mol. The molecule has 34 heavy (non-hydrogen) atoms. The maximum atomic E-state index is 13.1. The normalized spacial score (nSPS) is 22.3. The van der Waals surface area contributed by atoms with Gasteiger partial charge in [0.15, 0.2) is 15.4 Å².